The molecule has 0 bridgehead atoms. The third kappa shape index (κ3) is 2.18. The zero-order valence-corrected chi connectivity index (χ0v) is 9.43. The first-order valence-electron chi connectivity index (χ1n) is 5.75. The minimum Gasteiger partial charge on any atom is -0.349 e. The molecule has 2 aromatic heterocycles. The van der Waals surface area contributed by atoms with Crippen LogP contribution in [0.5, 0.6) is 0 Å². The summed E-state index contributed by atoms with van der Waals surface area (Å²) in [5, 5.41) is 1.19. The lowest BCUT2D eigenvalue weighted by molar-refractivity contribution is 0.861. The van der Waals surface area contributed by atoms with E-state index < -0.39 is 0 Å². The number of hydrogen-bond acceptors (Lipinski definition) is 2. The summed E-state index contributed by atoms with van der Waals surface area (Å²) in [6, 6.07) is 12.4. The predicted molar refractivity (Wildman–Crippen MR) is 67.7 cm³/mol. The van der Waals surface area contributed by atoms with E-state index in [0.717, 1.165) is 29.9 Å². The lowest BCUT2D eigenvalue weighted by Crippen LogP contribution is -1.96. The monoisotopic (exact) mass is 223 g/mol. The number of pyridine rings is 1. The van der Waals surface area contributed by atoms with Crippen LogP contribution in [0.25, 0.3) is 10.9 Å². The SMILES string of the molecule is c1ccc2nc(CCc3ncc[nH]3)ccc2c1. The van der Waals surface area contributed by atoms with E-state index >= 15 is 0 Å². The summed E-state index contributed by atoms with van der Waals surface area (Å²) >= 11 is 0. The quantitative estimate of drug-likeness (QED) is 0.741. The summed E-state index contributed by atoms with van der Waals surface area (Å²) in [5.74, 6) is 1.01. The van der Waals surface area contributed by atoms with Gasteiger partial charge in [-0.25, -0.2) is 4.98 Å². The fraction of sp³-hybridized carbons (Fsp3) is 0.143. The highest BCUT2D eigenvalue weighted by Crippen LogP contribution is 2.12. The summed E-state index contributed by atoms with van der Waals surface area (Å²) in [5.41, 5.74) is 2.17. The van der Waals surface area contributed by atoms with Gasteiger partial charge in [-0.15, -0.1) is 0 Å². The van der Waals surface area contributed by atoms with Gasteiger partial charge in [-0.1, -0.05) is 24.3 Å². The van der Waals surface area contributed by atoms with Gasteiger partial charge in [0.1, 0.15) is 5.82 Å². The van der Waals surface area contributed by atoms with E-state index in [1.165, 1.54) is 5.39 Å². The maximum Gasteiger partial charge on any atom is 0.106 e. The largest absolute Gasteiger partial charge is 0.349 e. The molecule has 0 aliphatic rings. The maximum absolute atomic E-state index is 4.63. The van der Waals surface area contributed by atoms with E-state index in [1.807, 2.05) is 24.4 Å². The lowest BCUT2D eigenvalue weighted by atomic mass is 10.1. The van der Waals surface area contributed by atoms with Crippen LogP contribution >= 0.6 is 0 Å². The van der Waals surface area contributed by atoms with E-state index in [1.54, 1.807) is 6.20 Å². The first-order valence-corrected chi connectivity index (χ1v) is 5.75. The van der Waals surface area contributed by atoms with Crippen LogP contribution in [0, 0.1) is 0 Å². The molecule has 1 N–H and O–H groups in total. The Labute approximate surface area is 99.5 Å². The summed E-state index contributed by atoms with van der Waals surface area (Å²) in [7, 11) is 0. The van der Waals surface area contributed by atoms with Crippen molar-refractivity contribution < 1.29 is 0 Å². The number of nitrogens with one attached hydrogen (secondary N) is 1. The summed E-state index contributed by atoms with van der Waals surface area (Å²) in [6.07, 6.45) is 5.45. The second-order valence-corrected chi connectivity index (χ2v) is 4.03. The Bertz CT molecular complexity index is 614. The van der Waals surface area contributed by atoms with Crippen LogP contribution in [-0.2, 0) is 12.8 Å². The molecule has 0 aliphatic carbocycles. The molecular weight excluding hydrogens is 210 g/mol. The fourth-order valence-electron chi connectivity index (χ4n) is 1.93. The van der Waals surface area contributed by atoms with Crippen LogP contribution in [0.4, 0.5) is 0 Å². The molecule has 0 unspecified atom stereocenters. The van der Waals surface area contributed by atoms with Crippen molar-refractivity contribution >= 4 is 10.9 Å². The van der Waals surface area contributed by atoms with E-state index in [2.05, 4.69) is 33.2 Å². The third-order valence-electron chi connectivity index (χ3n) is 2.83. The number of para-hydroxylation sites is 1. The molecule has 0 aliphatic heterocycles. The number of aromatic nitrogens is 3. The molecule has 2 heterocycles. The highest BCUT2D eigenvalue weighted by atomic mass is 14.9. The predicted octanol–water partition coefficient (Wildman–Crippen LogP) is 2.74. The highest BCUT2D eigenvalue weighted by molar-refractivity contribution is 5.78. The average molecular weight is 223 g/mol. The summed E-state index contributed by atoms with van der Waals surface area (Å²) < 4.78 is 0. The van der Waals surface area contributed by atoms with Gasteiger partial charge >= 0.3 is 0 Å². The number of nitrogens with zero attached hydrogens (tertiary/aromatic N) is 2. The van der Waals surface area contributed by atoms with Crippen LogP contribution in [0.2, 0.25) is 0 Å². The number of aryl methyl sites for hydroxylation is 2. The van der Waals surface area contributed by atoms with Crippen LogP contribution < -0.4 is 0 Å². The molecule has 3 heteroatoms. The van der Waals surface area contributed by atoms with Crippen molar-refractivity contribution in [2.24, 2.45) is 0 Å². The van der Waals surface area contributed by atoms with Gasteiger partial charge in [-0.05, 0) is 18.6 Å². The second-order valence-electron chi connectivity index (χ2n) is 4.03. The van der Waals surface area contributed by atoms with Gasteiger partial charge < -0.3 is 4.98 Å². The summed E-state index contributed by atoms with van der Waals surface area (Å²) in [6.45, 7) is 0. The van der Waals surface area contributed by atoms with Gasteiger partial charge in [-0.3, -0.25) is 4.98 Å². The minimum atomic E-state index is 0.901. The Balaban J connectivity index is 1.81. The average Bonchev–Trinajstić information content (AvgIpc) is 2.89. The van der Waals surface area contributed by atoms with E-state index in [9.17, 15) is 0 Å². The molecule has 0 saturated carbocycles. The van der Waals surface area contributed by atoms with Crippen molar-refractivity contribution in [2.45, 2.75) is 12.8 Å². The van der Waals surface area contributed by atoms with E-state index in [0.29, 0.717) is 0 Å². The molecule has 3 aromatic rings. The number of benzene rings is 1. The van der Waals surface area contributed by atoms with Gasteiger partial charge in [0.25, 0.3) is 0 Å². The molecule has 3 rings (SSSR count). The van der Waals surface area contributed by atoms with Gasteiger partial charge in [0, 0.05) is 29.9 Å². The van der Waals surface area contributed by atoms with Crippen LogP contribution in [-0.4, -0.2) is 15.0 Å². The first kappa shape index (κ1) is 10.0. The zero-order valence-electron chi connectivity index (χ0n) is 9.43. The first-order chi connectivity index (χ1) is 8.42. The van der Waals surface area contributed by atoms with Crippen LogP contribution in [0.1, 0.15) is 11.5 Å². The van der Waals surface area contributed by atoms with E-state index in [4.69, 9.17) is 0 Å². The molecule has 0 radical (unpaired) electrons. The number of H-pyrrole nitrogens is 1. The fourth-order valence-corrected chi connectivity index (χ4v) is 1.93. The molecule has 0 spiro atoms. The number of rotatable bonds is 3. The molecule has 0 amide bonds. The molecule has 0 saturated heterocycles. The summed E-state index contributed by atoms with van der Waals surface area (Å²) in [4.78, 5) is 11.9. The van der Waals surface area contributed by atoms with Gasteiger partial charge in [0.2, 0.25) is 0 Å². The molecule has 3 nitrogen and oxygen atoms in total. The highest BCUT2D eigenvalue weighted by Gasteiger charge is 2.00. The topological polar surface area (TPSA) is 41.6 Å². The normalized spacial score (nSPS) is 10.8. The molecule has 0 atom stereocenters. The zero-order chi connectivity index (χ0) is 11.5. The Morgan fingerprint density at radius 1 is 1.00 bits per heavy atom. The number of fused-ring (bicyclic) bond motifs is 1. The van der Waals surface area contributed by atoms with Crippen molar-refractivity contribution in [1.82, 2.24) is 15.0 Å². The van der Waals surface area contributed by atoms with Crippen LogP contribution in [0.3, 0.4) is 0 Å². The van der Waals surface area contributed by atoms with Gasteiger partial charge in [0.15, 0.2) is 0 Å². The Hall–Kier alpha value is -2.16. The van der Waals surface area contributed by atoms with Crippen molar-refractivity contribution in [3.05, 3.63) is 60.3 Å². The molecule has 17 heavy (non-hydrogen) atoms. The Kier molecular flexibility index (Phi) is 2.58. The molecule has 1 aromatic carbocycles. The van der Waals surface area contributed by atoms with E-state index in [-0.39, 0.29) is 0 Å². The number of hydrogen-bond donors (Lipinski definition) is 1. The minimum absolute atomic E-state index is 0.901. The maximum atomic E-state index is 4.63. The molecule has 84 valence electrons. The van der Waals surface area contributed by atoms with Crippen LogP contribution in [0.15, 0.2) is 48.8 Å². The lowest BCUT2D eigenvalue weighted by Gasteiger charge is -2.01. The Morgan fingerprint density at radius 3 is 2.82 bits per heavy atom. The third-order valence-corrected chi connectivity index (χ3v) is 2.83. The Morgan fingerprint density at radius 2 is 1.94 bits per heavy atom. The second kappa shape index (κ2) is 4.37. The number of imidazole rings is 1. The van der Waals surface area contributed by atoms with Gasteiger partial charge in [0.05, 0.1) is 5.52 Å². The molecule has 0 fully saturated rings. The molecular formula is C14H13N3. The van der Waals surface area contributed by atoms with Crippen molar-refractivity contribution in [1.29, 1.82) is 0 Å². The van der Waals surface area contributed by atoms with Crippen molar-refractivity contribution in [3.63, 3.8) is 0 Å². The van der Waals surface area contributed by atoms with Crippen molar-refractivity contribution in [3.8, 4) is 0 Å². The van der Waals surface area contributed by atoms with Gasteiger partial charge in [-0.2, -0.15) is 0 Å². The smallest absolute Gasteiger partial charge is 0.106 e. The van der Waals surface area contributed by atoms with Crippen molar-refractivity contribution in [2.75, 3.05) is 0 Å². The number of aromatic amines is 1. The standard InChI is InChI=1S/C14H13N3/c1-2-4-13-11(3-1)5-6-12(17-13)7-8-14-15-9-10-16-14/h1-6,9-10H,7-8H2,(H,15,16).